The van der Waals surface area contributed by atoms with E-state index in [1.165, 1.54) is 32.8 Å². The van der Waals surface area contributed by atoms with Gasteiger partial charge in [0.1, 0.15) is 0 Å². The highest BCUT2D eigenvalue weighted by Crippen LogP contribution is 2.49. The van der Waals surface area contributed by atoms with Gasteiger partial charge in [-0.3, -0.25) is 0 Å². The largest absolute Gasteiger partial charge is 0.453 e. The fraction of sp³-hybridized carbons (Fsp3) is 0.909. The van der Waals surface area contributed by atoms with E-state index in [-0.39, 0.29) is 12.1 Å². The quantitative estimate of drug-likeness (QED) is 0.736. The van der Waals surface area contributed by atoms with Crippen LogP contribution in [0.4, 0.5) is 4.79 Å². The maximum absolute atomic E-state index is 11.1. The molecule has 1 N–H and O–H groups in total. The van der Waals surface area contributed by atoms with Crippen LogP contribution in [0.25, 0.3) is 0 Å². The van der Waals surface area contributed by atoms with Crippen LogP contribution in [0.5, 0.6) is 0 Å². The number of methoxy groups -OCH3 is 1. The molecule has 0 aromatic rings. The lowest BCUT2D eigenvalue weighted by Crippen LogP contribution is -2.39. The molecule has 2 aliphatic rings. The average Bonchev–Trinajstić information content (AvgIpc) is 2.78. The minimum absolute atomic E-state index is 0.276. The SMILES string of the molecule is COC(=O)N[C@@H](C)[C@H]1C[C@@H]2CC[C@@H]1C2. The van der Waals surface area contributed by atoms with Gasteiger partial charge in [-0.15, -0.1) is 0 Å². The Morgan fingerprint density at radius 2 is 2.21 bits per heavy atom. The fourth-order valence-corrected chi connectivity index (χ4v) is 3.26. The van der Waals surface area contributed by atoms with Gasteiger partial charge < -0.3 is 10.1 Å². The normalized spacial score (nSPS) is 36.9. The molecule has 2 aliphatic carbocycles. The number of ether oxygens (including phenoxy) is 1. The van der Waals surface area contributed by atoms with Crippen LogP contribution in [0.3, 0.4) is 0 Å². The highest BCUT2D eigenvalue weighted by atomic mass is 16.5. The van der Waals surface area contributed by atoms with Crippen molar-refractivity contribution in [3.05, 3.63) is 0 Å². The highest BCUT2D eigenvalue weighted by molar-refractivity contribution is 5.67. The Morgan fingerprint density at radius 1 is 1.43 bits per heavy atom. The number of amides is 1. The van der Waals surface area contributed by atoms with Crippen molar-refractivity contribution < 1.29 is 9.53 Å². The first-order valence-electron chi connectivity index (χ1n) is 5.55. The zero-order chi connectivity index (χ0) is 10.1. The minimum atomic E-state index is -0.291. The second-order valence-corrected chi connectivity index (χ2v) is 4.76. The fourth-order valence-electron chi connectivity index (χ4n) is 3.26. The van der Waals surface area contributed by atoms with Crippen LogP contribution in [0.15, 0.2) is 0 Å². The molecule has 14 heavy (non-hydrogen) atoms. The summed E-state index contributed by atoms with van der Waals surface area (Å²) in [4.78, 5) is 11.1. The predicted molar refractivity (Wildman–Crippen MR) is 53.9 cm³/mol. The summed E-state index contributed by atoms with van der Waals surface area (Å²) in [5, 5.41) is 2.90. The first-order chi connectivity index (χ1) is 6.70. The van der Waals surface area contributed by atoms with Crippen molar-refractivity contribution >= 4 is 6.09 Å². The van der Waals surface area contributed by atoms with E-state index < -0.39 is 0 Å². The molecule has 2 bridgehead atoms. The lowest BCUT2D eigenvalue weighted by Gasteiger charge is -2.27. The van der Waals surface area contributed by atoms with Gasteiger partial charge in [0.2, 0.25) is 0 Å². The molecule has 0 aromatic carbocycles. The molecule has 3 heteroatoms. The van der Waals surface area contributed by atoms with Gasteiger partial charge in [0.15, 0.2) is 0 Å². The Labute approximate surface area is 85.2 Å². The number of fused-ring (bicyclic) bond motifs is 2. The first kappa shape index (κ1) is 9.81. The van der Waals surface area contributed by atoms with Gasteiger partial charge in [-0.05, 0) is 43.9 Å². The molecule has 0 unspecified atom stereocenters. The van der Waals surface area contributed by atoms with Gasteiger partial charge in [0.05, 0.1) is 7.11 Å². The van der Waals surface area contributed by atoms with Crippen LogP contribution in [-0.4, -0.2) is 19.2 Å². The van der Waals surface area contributed by atoms with Crippen molar-refractivity contribution in [3.63, 3.8) is 0 Å². The lowest BCUT2D eigenvalue weighted by molar-refractivity contribution is 0.157. The van der Waals surface area contributed by atoms with E-state index in [9.17, 15) is 4.79 Å². The molecule has 4 atom stereocenters. The molecule has 0 aliphatic heterocycles. The van der Waals surface area contributed by atoms with Gasteiger partial charge in [-0.1, -0.05) is 6.42 Å². The number of nitrogens with one attached hydrogen (secondary N) is 1. The van der Waals surface area contributed by atoms with E-state index in [0.717, 1.165) is 11.8 Å². The van der Waals surface area contributed by atoms with Gasteiger partial charge in [0, 0.05) is 6.04 Å². The number of carbonyl (C=O) groups is 1. The molecule has 1 amide bonds. The molecule has 0 aromatic heterocycles. The van der Waals surface area contributed by atoms with Gasteiger partial charge >= 0.3 is 6.09 Å². The van der Waals surface area contributed by atoms with Crippen molar-refractivity contribution in [2.75, 3.05) is 7.11 Å². The van der Waals surface area contributed by atoms with Crippen molar-refractivity contribution in [2.24, 2.45) is 17.8 Å². The number of carbonyl (C=O) groups excluding carboxylic acids is 1. The Kier molecular flexibility index (Phi) is 2.66. The average molecular weight is 197 g/mol. The Hall–Kier alpha value is -0.730. The Balaban J connectivity index is 1.86. The van der Waals surface area contributed by atoms with E-state index in [1.807, 2.05) is 0 Å². The maximum Gasteiger partial charge on any atom is 0.407 e. The van der Waals surface area contributed by atoms with Crippen molar-refractivity contribution in [3.8, 4) is 0 Å². The van der Waals surface area contributed by atoms with Gasteiger partial charge in [-0.2, -0.15) is 0 Å². The van der Waals surface area contributed by atoms with Crippen LogP contribution in [0.1, 0.15) is 32.6 Å². The number of hydrogen-bond donors (Lipinski definition) is 1. The standard InChI is InChI=1S/C11H19NO2/c1-7(12-11(13)14-2)10-6-8-3-4-9(10)5-8/h7-10H,3-6H2,1-2H3,(H,12,13)/t7-,8+,9+,10+/m0/s1. The van der Waals surface area contributed by atoms with Crippen LogP contribution < -0.4 is 5.32 Å². The summed E-state index contributed by atoms with van der Waals surface area (Å²) >= 11 is 0. The third kappa shape index (κ3) is 1.72. The van der Waals surface area contributed by atoms with Gasteiger partial charge in [0.25, 0.3) is 0 Å². The molecule has 0 radical (unpaired) electrons. The molecular formula is C11H19NO2. The van der Waals surface area contributed by atoms with Crippen molar-refractivity contribution in [2.45, 2.75) is 38.6 Å². The summed E-state index contributed by atoms with van der Waals surface area (Å²) in [6, 6.07) is 0.276. The Morgan fingerprint density at radius 3 is 2.71 bits per heavy atom. The summed E-state index contributed by atoms with van der Waals surface area (Å²) < 4.78 is 4.61. The topological polar surface area (TPSA) is 38.3 Å². The summed E-state index contributed by atoms with van der Waals surface area (Å²) in [5.74, 6) is 2.48. The smallest absolute Gasteiger partial charge is 0.407 e. The van der Waals surface area contributed by atoms with E-state index in [0.29, 0.717) is 5.92 Å². The zero-order valence-corrected chi connectivity index (χ0v) is 8.95. The molecule has 2 saturated carbocycles. The van der Waals surface area contributed by atoms with Crippen LogP contribution >= 0.6 is 0 Å². The van der Waals surface area contributed by atoms with Crippen LogP contribution in [0.2, 0.25) is 0 Å². The predicted octanol–water partition coefficient (Wildman–Crippen LogP) is 2.17. The molecular weight excluding hydrogens is 178 g/mol. The Bertz CT molecular complexity index is 229. The molecule has 2 fully saturated rings. The van der Waals surface area contributed by atoms with Gasteiger partial charge in [-0.25, -0.2) is 4.79 Å². The maximum atomic E-state index is 11.1. The third-order valence-electron chi connectivity index (χ3n) is 3.97. The molecule has 2 rings (SSSR count). The summed E-state index contributed by atoms with van der Waals surface area (Å²) in [6.07, 6.45) is 5.17. The summed E-state index contributed by atoms with van der Waals surface area (Å²) in [5.41, 5.74) is 0. The minimum Gasteiger partial charge on any atom is -0.453 e. The van der Waals surface area contributed by atoms with E-state index in [1.54, 1.807) is 0 Å². The number of hydrogen-bond acceptors (Lipinski definition) is 2. The zero-order valence-electron chi connectivity index (χ0n) is 8.95. The monoisotopic (exact) mass is 197 g/mol. The van der Waals surface area contributed by atoms with E-state index in [2.05, 4.69) is 17.0 Å². The van der Waals surface area contributed by atoms with Crippen molar-refractivity contribution in [1.29, 1.82) is 0 Å². The molecule has 0 saturated heterocycles. The molecule has 80 valence electrons. The summed E-state index contributed by atoms with van der Waals surface area (Å²) in [7, 11) is 1.42. The van der Waals surface area contributed by atoms with Crippen molar-refractivity contribution in [1.82, 2.24) is 5.32 Å². The molecule has 3 nitrogen and oxygen atoms in total. The summed E-state index contributed by atoms with van der Waals surface area (Å²) in [6.45, 7) is 2.10. The van der Waals surface area contributed by atoms with E-state index >= 15 is 0 Å². The number of rotatable bonds is 2. The number of alkyl carbamates (subject to hydrolysis) is 1. The van der Waals surface area contributed by atoms with Crippen LogP contribution in [-0.2, 0) is 4.74 Å². The molecule has 0 heterocycles. The molecule has 0 spiro atoms. The van der Waals surface area contributed by atoms with Crippen LogP contribution in [0, 0.1) is 17.8 Å². The lowest BCUT2D eigenvalue weighted by atomic mass is 9.84. The van der Waals surface area contributed by atoms with E-state index in [4.69, 9.17) is 0 Å². The second kappa shape index (κ2) is 3.79. The second-order valence-electron chi connectivity index (χ2n) is 4.76. The first-order valence-corrected chi connectivity index (χ1v) is 5.55. The third-order valence-corrected chi connectivity index (χ3v) is 3.97. The highest BCUT2D eigenvalue weighted by Gasteiger charge is 2.42.